The van der Waals surface area contributed by atoms with Crippen LogP contribution in [-0.2, 0) is 0 Å². The van der Waals surface area contributed by atoms with Crippen molar-refractivity contribution in [1.82, 2.24) is 0 Å². The van der Waals surface area contributed by atoms with Gasteiger partial charge < -0.3 is 0 Å². The van der Waals surface area contributed by atoms with Gasteiger partial charge in [0.25, 0.3) is 0 Å². The zero-order valence-corrected chi connectivity index (χ0v) is 15.3. The average Bonchev–Trinajstić information content (AvgIpc) is 3.19. The number of hydrogen-bond donors (Lipinski definition) is 0. The minimum atomic E-state index is -0.222. The van der Waals surface area contributed by atoms with E-state index in [9.17, 15) is 8.78 Å². The number of hydrogen-bond acceptors (Lipinski definition) is 2. The molecule has 128 valence electrons. The summed E-state index contributed by atoms with van der Waals surface area (Å²) in [5, 5.41) is 0. The topological polar surface area (TPSA) is 0 Å². The van der Waals surface area contributed by atoms with Gasteiger partial charge in [-0.3, -0.25) is 0 Å². The maximum atomic E-state index is 12.9. The standard InChI is InChI=1S/C22H14F2S2/c23-17-7-1-15(2-8-17)5-11-19-13-21-22(25-19)14-20(26-21)12-6-16-3-9-18(24)10-4-16/h1-14H/b11-5+,12-6+. The summed E-state index contributed by atoms with van der Waals surface area (Å²) in [7, 11) is 0. The van der Waals surface area contributed by atoms with E-state index in [-0.39, 0.29) is 11.6 Å². The van der Waals surface area contributed by atoms with E-state index >= 15 is 0 Å². The molecule has 4 heteroatoms. The van der Waals surface area contributed by atoms with Crippen molar-refractivity contribution in [2.45, 2.75) is 0 Å². The first-order valence-electron chi connectivity index (χ1n) is 8.06. The van der Waals surface area contributed by atoms with Crippen LogP contribution in [0, 0.1) is 11.6 Å². The molecular formula is C22H14F2S2. The first-order valence-corrected chi connectivity index (χ1v) is 9.70. The monoisotopic (exact) mass is 380 g/mol. The predicted octanol–water partition coefficient (Wildman–Crippen LogP) is 7.58. The normalized spacial score (nSPS) is 11.9. The lowest BCUT2D eigenvalue weighted by molar-refractivity contribution is 0.627. The lowest BCUT2D eigenvalue weighted by Gasteiger charge is -1.92. The Balaban J connectivity index is 1.50. The highest BCUT2D eigenvalue weighted by atomic mass is 32.1. The molecule has 0 unspecified atom stereocenters. The molecule has 0 spiro atoms. The lowest BCUT2D eigenvalue weighted by Crippen LogP contribution is -1.73. The number of fused-ring (bicyclic) bond motifs is 1. The molecule has 2 aromatic carbocycles. The van der Waals surface area contributed by atoms with Gasteiger partial charge in [-0.15, -0.1) is 22.7 Å². The largest absolute Gasteiger partial charge is 0.207 e. The third-order valence-corrected chi connectivity index (χ3v) is 6.09. The van der Waals surface area contributed by atoms with Crippen LogP contribution in [0.25, 0.3) is 33.7 Å². The Morgan fingerprint density at radius 2 is 0.923 bits per heavy atom. The molecule has 0 atom stereocenters. The van der Waals surface area contributed by atoms with Crippen molar-refractivity contribution in [3.63, 3.8) is 0 Å². The maximum Gasteiger partial charge on any atom is 0.123 e. The molecule has 0 aliphatic rings. The van der Waals surface area contributed by atoms with Crippen LogP contribution in [0.5, 0.6) is 0 Å². The molecular weight excluding hydrogens is 366 g/mol. The highest BCUT2D eigenvalue weighted by Crippen LogP contribution is 2.35. The smallest absolute Gasteiger partial charge is 0.123 e. The van der Waals surface area contributed by atoms with Gasteiger partial charge in [0.2, 0.25) is 0 Å². The molecule has 0 radical (unpaired) electrons. The molecule has 2 aromatic heterocycles. The van der Waals surface area contributed by atoms with Crippen molar-refractivity contribution in [2.75, 3.05) is 0 Å². The van der Waals surface area contributed by atoms with E-state index in [1.165, 1.54) is 43.4 Å². The highest BCUT2D eigenvalue weighted by molar-refractivity contribution is 7.28. The third kappa shape index (κ3) is 3.98. The highest BCUT2D eigenvalue weighted by Gasteiger charge is 2.04. The molecule has 0 aliphatic heterocycles. The second kappa shape index (κ2) is 7.36. The van der Waals surface area contributed by atoms with Gasteiger partial charge in [0.1, 0.15) is 11.6 Å². The fraction of sp³-hybridized carbons (Fsp3) is 0. The molecule has 26 heavy (non-hydrogen) atoms. The van der Waals surface area contributed by atoms with Crippen LogP contribution in [-0.4, -0.2) is 0 Å². The number of rotatable bonds is 4. The SMILES string of the molecule is Fc1ccc(/C=C/c2cc3sc(/C=C/c4ccc(F)cc4)cc3s2)cc1. The number of thiophene rings is 2. The second-order valence-corrected chi connectivity index (χ2v) is 8.03. The summed E-state index contributed by atoms with van der Waals surface area (Å²) in [6, 6.07) is 17.2. The summed E-state index contributed by atoms with van der Waals surface area (Å²) in [6.07, 6.45) is 8.09. The van der Waals surface area contributed by atoms with Gasteiger partial charge in [-0.1, -0.05) is 36.4 Å². The molecule has 0 nitrogen and oxygen atoms in total. The van der Waals surface area contributed by atoms with E-state index in [1.807, 2.05) is 12.2 Å². The van der Waals surface area contributed by atoms with Crippen molar-refractivity contribution in [3.05, 3.63) is 93.2 Å². The summed E-state index contributed by atoms with van der Waals surface area (Å²) in [6.45, 7) is 0. The van der Waals surface area contributed by atoms with Gasteiger partial charge >= 0.3 is 0 Å². The van der Waals surface area contributed by atoms with Crippen LogP contribution in [0.15, 0.2) is 60.7 Å². The third-order valence-electron chi connectivity index (χ3n) is 3.87. The molecule has 0 fully saturated rings. The fourth-order valence-corrected chi connectivity index (χ4v) is 4.77. The molecule has 0 aliphatic carbocycles. The molecule has 4 aromatic rings. The van der Waals surface area contributed by atoms with Gasteiger partial charge in [-0.25, -0.2) is 8.78 Å². The van der Waals surface area contributed by atoms with Crippen LogP contribution in [0.2, 0.25) is 0 Å². The van der Waals surface area contributed by atoms with Gasteiger partial charge in [-0.05, 0) is 59.7 Å². The zero-order valence-electron chi connectivity index (χ0n) is 13.7. The minimum absolute atomic E-state index is 0.222. The van der Waals surface area contributed by atoms with Crippen LogP contribution >= 0.6 is 22.7 Å². The van der Waals surface area contributed by atoms with E-state index < -0.39 is 0 Å². The molecule has 0 N–H and O–H groups in total. The molecule has 0 saturated carbocycles. The zero-order chi connectivity index (χ0) is 17.9. The summed E-state index contributed by atoms with van der Waals surface area (Å²) >= 11 is 3.46. The lowest BCUT2D eigenvalue weighted by atomic mass is 10.2. The van der Waals surface area contributed by atoms with Crippen molar-refractivity contribution >= 4 is 56.4 Å². The van der Waals surface area contributed by atoms with Crippen LogP contribution in [0.1, 0.15) is 20.9 Å². The first kappa shape index (κ1) is 16.9. The van der Waals surface area contributed by atoms with E-state index in [2.05, 4.69) is 24.3 Å². The van der Waals surface area contributed by atoms with E-state index in [4.69, 9.17) is 0 Å². The summed E-state index contributed by atoms with van der Waals surface area (Å²) in [4.78, 5) is 2.34. The number of halogens is 2. The Bertz CT molecular complexity index is 965. The van der Waals surface area contributed by atoms with Crippen LogP contribution in [0.4, 0.5) is 8.78 Å². The number of benzene rings is 2. The molecule has 0 bridgehead atoms. The molecule has 4 rings (SSSR count). The van der Waals surface area contributed by atoms with Crippen molar-refractivity contribution in [3.8, 4) is 0 Å². The van der Waals surface area contributed by atoms with Crippen LogP contribution in [0.3, 0.4) is 0 Å². The van der Waals surface area contributed by atoms with E-state index in [0.29, 0.717) is 0 Å². The van der Waals surface area contributed by atoms with Crippen molar-refractivity contribution < 1.29 is 8.78 Å². The molecule has 2 heterocycles. The summed E-state index contributed by atoms with van der Waals surface area (Å²) in [5.74, 6) is -0.444. The quantitative estimate of drug-likeness (QED) is 0.342. The Kier molecular flexibility index (Phi) is 4.78. The van der Waals surface area contributed by atoms with Gasteiger partial charge in [-0.2, -0.15) is 0 Å². The summed E-state index contributed by atoms with van der Waals surface area (Å²) in [5.41, 5.74) is 1.96. The molecule has 0 saturated heterocycles. The first-order chi connectivity index (χ1) is 12.7. The maximum absolute atomic E-state index is 12.9. The second-order valence-electron chi connectivity index (χ2n) is 5.80. The van der Waals surface area contributed by atoms with Gasteiger partial charge in [0, 0.05) is 19.2 Å². The van der Waals surface area contributed by atoms with Gasteiger partial charge in [0.15, 0.2) is 0 Å². The van der Waals surface area contributed by atoms with Crippen molar-refractivity contribution in [2.24, 2.45) is 0 Å². The predicted molar refractivity (Wildman–Crippen MR) is 110 cm³/mol. The van der Waals surface area contributed by atoms with E-state index in [0.717, 1.165) is 11.1 Å². The Labute approximate surface area is 158 Å². The Morgan fingerprint density at radius 3 is 1.31 bits per heavy atom. The Hall–Kier alpha value is -2.56. The Morgan fingerprint density at radius 1 is 0.538 bits per heavy atom. The molecule has 0 amide bonds. The van der Waals surface area contributed by atoms with Crippen LogP contribution < -0.4 is 0 Å². The fourth-order valence-electron chi connectivity index (χ4n) is 2.54. The van der Waals surface area contributed by atoms with Crippen molar-refractivity contribution in [1.29, 1.82) is 0 Å². The minimum Gasteiger partial charge on any atom is -0.207 e. The summed E-state index contributed by atoms with van der Waals surface area (Å²) < 4.78 is 28.3. The average molecular weight is 380 g/mol. The van der Waals surface area contributed by atoms with E-state index in [1.54, 1.807) is 46.9 Å². The van der Waals surface area contributed by atoms with Gasteiger partial charge in [0.05, 0.1) is 0 Å².